The second kappa shape index (κ2) is 8.66. The molecule has 36 heavy (non-hydrogen) atoms. The molecule has 7 rings (SSSR count). The van der Waals surface area contributed by atoms with Gasteiger partial charge in [-0.25, -0.2) is 4.98 Å². The summed E-state index contributed by atoms with van der Waals surface area (Å²) in [5, 5.41) is 12.6. The van der Waals surface area contributed by atoms with Gasteiger partial charge in [0.25, 0.3) is 0 Å². The van der Waals surface area contributed by atoms with Gasteiger partial charge < -0.3 is 5.73 Å². The summed E-state index contributed by atoms with van der Waals surface area (Å²) in [6, 6.07) is 23.1. The molecule has 5 nitrogen and oxygen atoms in total. The number of nitrogens with zero attached hydrogens (tertiary/aromatic N) is 4. The molecular weight excluding hydrogens is 462 g/mol. The maximum Gasteiger partial charge on any atom is 0.170 e. The minimum absolute atomic E-state index is 0.525. The van der Waals surface area contributed by atoms with Gasteiger partial charge in [0.05, 0.1) is 11.2 Å². The first-order chi connectivity index (χ1) is 17.8. The highest BCUT2D eigenvalue weighted by atomic mass is 32.1. The van der Waals surface area contributed by atoms with Crippen molar-refractivity contribution in [2.45, 2.75) is 32.2 Å². The molecule has 0 amide bonds. The molecule has 0 bridgehead atoms. The second-order valence-electron chi connectivity index (χ2n) is 9.38. The molecule has 0 radical (unpaired) electrons. The fourth-order valence-electron chi connectivity index (χ4n) is 5.32. The topological polar surface area (TPSA) is 69.1 Å². The van der Waals surface area contributed by atoms with Gasteiger partial charge in [-0.3, -0.25) is 4.40 Å². The van der Waals surface area contributed by atoms with Crippen LogP contribution < -0.4 is 5.73 Å². The smallest absolute Gasteiger partial charge is 0.170 e. The highest BCUT2D eigenvalue weighted by Crippen LogP contribution is 2.38. The van der Waals surface area contributed by atoms with E-state index in [4.69, 9.17) is 10.7 Å². The Morgan fingerprint density at radius 2 is 1.69 bits per heavy atom. The number of aromatic nitrogens is 4. The summed E-state index contributed by atoms with van der Waals surface area (Å²) in [5.74, 6) is 0.925. The van der Waals surface area contributed by atoms with Crippen LogP contribution in [0.25, 0.3) is 50.3 Å². The number of thiophene rings is 1. The molecule has 0 atom stereocenters. The van der Waals surface area contributed by atoms with Crippen molar-refractivity contribution in [1.82, 2.24) is 19.6 Å². The van der Waals surface area contributed by atoms with Crippen LogP contribution in [0.15, 0.2) is 78.3 Å². The number of hydrogen-bond acceptors (Lipinski definition) is 5. The van der Waals surface area contributed by atoms with E-state index < -0.39 is 0 Å². The summed E-state index contributed by atoms with van der Waals surface area (Å²) in [5.41, 5.74) is 15.6. The highest BCUT2D eigenvalue weighted by Gasteiger charge is 2.21. The molecule has 0 aliphatic heterocycles. The fraction of sp³-hybridized carbons (Fsp3) is 0.167. The van der Waals surface area contributed by atoms with Crippen molar-refractivity contribution in [1.29, 1.82) is 0 Å². The van der Waals surface area contributed by atoms with Gasteiger partial charge in [0.15, 0.2) is 11.5 Å². The molecule has 1 aliphatic rings. The van der Waals surface area contributed by atoms with Crippen molar-refractivity contribution < 1.29 is 0 Å². The average molecular weight is 488 g/mol. The Balaban J connectivity index is 1.45. The number of nitrogens with two attached hydrogens (primary N) is 1. The van der Waals surface area contributed by atoms with E-state index in [1.54, 1.807) is 0 Å². The molecular formula is C30H25N5S. The minimum atomic E-state index is 0.525. The minimum Gasteiger partial charge on any atom is -0.326 e. The SMILES string of the molecule is NCc1ccc(-c2nc3ccn4c(-c5csc6c5CCCC6)nnc4c3cc2-c2ccccc2)cc1. The molecule has 0 saturated heterocycles. The number of fused-ring (bicyclic) bond motifs is 4. The van der Waals surface area contributed by atoms with Crippen LogP contribution in [0.5, 0.6) is 0 Å². The maximum absolute atomic E-state index is 5.83. The van der Waals surface area contributed by atoms with E-state index in [2.05, 4.69) is 86.8 Å². The molecule has 2 aromatic carbocycles. The molecule has 176 valence electrons. The average Bonchev–Trinajstić information content (AvgIpc) is 3.57. The van der Waals surface area contributed by atoms with Crippen LogP contribution in [0.4, 0.5) is 0 Å². The van der Waals surface area contributed by atoms with E-state index in [0.717, 1.165) is 56.7 Å². The third-order valence-corrected chi connectivity index (χ3v) is 8.31. The molecule has 0 spiro atoms. The first-order valence-corrected chi connectivity index (χ1v) is 13.3. The van der Waals surface area contributed by atoms with Crippen molar-refractivity contribution in [3.8, 4) is 33.8 Å². The lowest BCUT2D eigenvalue weighted by molar-refractivity contribution is 0.697. The Kier molecular flexibility index (Phi) is 5.15. The quantitative estimate of drug-likeness (QED) is 0.301. The van der Waals surface area contributed by atoms with Gasteiger partial charge in [-0.05, 0) is 54.5 Å². The Bertz CT molecular complexity index is 1710. The van der Waals surface area contributed by atoms with Gasteiger partial charge in [-0.15, -0.1) is 21.5 Å². The largest absolute Gasteiger partial charge is 0.326 e. The lowest BCUT2D eigenvalue weighted by atomic mass is 9.95. The first kappa shape index (κ1) is 21.4. The predicted octanol–water partition coefficient (Wildman–Crippen LogP) is 6.68. The predicted molar refractivity (Wildman–Crippen MR) is 147 cm³/mol. The van der Waals surface area contributed by atoms with Gasteiger partial charge >= 0.3 is 0 Å². The van der Waals surface area contributed by atoms with Crippen LogP contribution in [0.3, 0.4) is 0 Å². The van der Waals surface area contributed by atoms with Crippen LogP contribution in [0.2, 0.25) is 0 Å². The number of hydrogen-bond donors (Lipinski definition) is 1. The Morgan fingerprint density at radius 3 is 2.53 bits per heavy atom. The van der Waals surface area contributed by atoms with Crippen molar-refractivity contribution in [2.75, 3.05) is 0 Å². The normalized spacial score (nSPS) is 13.4. The van der Waals surface area contributed by atoms with Gasteiger partial charge in [0.1, 0.15) is 0 Å². The Labute approximate surface area is 213 Å². The second-order valence-corrected chi connectivity index (χ2v) is 10.3. The number of benzene rings is 2. The summed E-state index contributed by atoms with van der Waals surface area (Å²) in [4.78, 5) is 6.67. The van der Waals surface area contributed by atoms with Crippen molar-refractivity contribution in [3.05, 3.63) is 94.3 Å². The summed E-state index contributed by atoms with van der Waals surface area (Å²) < 4.78 is 2.13. The molecule has 6 heteroatoms. The van der Waals surface area contributed by atoms with E-state index >= 15 is 0 Å². The van der Waals surface area contributed by atoms with Gasteiger partial charge in [0.2, 0.25) is 0 Å². The van der Waals surface area contributed by atoms with E-state index in [0.29, 0.717) is 6.54 Å². The maximum atomic E-state index is 5.83. The van der Waals surface area contributed by atoms with Crippen LogP contribution in [-0.4, -0.2) is 19.6 Å². The highest BCUT2D eigenvalue weighted by molar-refractivity contribution is 7.10. The molecule has 4 heterocycles. The van der Waals surface area contributed by atoms with Crippen molar-refractivity contribution >= 4 is 27.9 Å². The monoisotopic (exact) mass is 487 g/mol. The number of aryl methyl sites for hydroxylation is 1. The molecule has 1 aliphatic carbocycles. The van der Waals surface area contributed by atoms with E-state index in [1.807, 2.05) is 17.4 Å². The molecule has 0 fully saturated rings. The first-order valence-electron chi connectivity index (χ1n) is 12.4. The van der Waals surface area contributed by atoms with E-state index in [-0.39, 0.29) is 0 Å². The van der Waals surface area contributed by atoms with Crippen LogP contribution in [-0.2, 0) is 19.4 Å². The molecule has 0 saturated carbocycles. The van der Waals surface area contributed by atoms with Crippen molar-refractivity contribution in [2.24, 2.45) is 5.73 Å². The molecule has 6 aromatic rings. The number of pyridine rings is 2. The zero-order chi connectivity index (χ0) is 24.1. The van der Waals surface area contributed by atoms with Gasteiger partial charge in [-0.2, -0.15) is 0 Å². The standard InChI is InChI=1S/C30H25N5S/c31-17-19-10-12-21(13-11-19)28-23(20-6-2-1-3-7-20)16-24-26(32-28)14-15-35-29(24)33-34-30(35)25-18-36-27-9-5-4-8-22(25)27/h1-3,6-7,10-16,18H,4-5,8-9,17,31H2. The van der Waals surface area contributed by atoms with Gasteiger partial charge in [-0.1, -0.05) is 54.6 Å². The summed E-state index contributed by atoms with van der Waals surface area (Å²) >= 11 is 1.86. The fourth-order valence-corrected chi connectivity index (χ4v) is 6.44. The lowest BCUT2D eigenvalue weighted by Gasteiger charge is -2.13. The van der Waals surface area contributed by atoms with Crippen LogP contribution in [0, 0.1) is 0 Å². The lowest BCUT2D eigenvalue weighted by Crippen LogP contribution is -2.01. The van der Waals surface area contributed by atoms with E-state index in [1.165, 1.54) is 35.3 Å². The van der Waals surface area contributed by atoms with Crippen LogP contribution in [0.1, 0.15) is 28.8 Å². The zero-order valence-electron chi connectivity index (χ0n) is 19.8. The third kappa shape index (κ3) is 3.45. The van der Waals surface area contributed by atoms with Crippen LogP contribution >= 0.6 is 11.3 Å². The summed E-state index contributed by atoms with van der Waals surface area (Å²) in [7, 11) is 0. The Hall–Kier alpha value is -3.87. The van der Waals surface area contributed by atoms with Crippen molar-refractivity contribution in [3.63, 3.8) is 0 Å². The third-order valence-electron chi connectivity index (χ3n) is 7.22. The zero-order valence-corrected chi connectivity index (χ0v) is 20.6. The Morgan fingerprint density at radius 1 is 0.861 bits per heavy atom. The summed E-state index contributed by atoms with van der Waals surface area (Å²) in [6.07, 6.45) is 6.90. The van der Waals surface area contributed by atoms with E-state index in [9.17, 15) is 0 Å². The molecule has 4 aromatic heterocycles. The molecule has 2 N–H and O–H groups in total. The summed E-state index contributed by atoms with van der Waals surface area (Å²) in [6.45, 7) is 0.525. The van der Waals surface area contributed by atoms with Gasteiger partial charge in [0, 0.05) is 45.1 Å². The number of rotatable bonds is 4. The molecule has 0 unspecified atom stereocenters.